The van der Waals surface area contributed by atoms with Gasteiger partial charge in [-0.2, -0.15) is 0 Å². The third kappa shape index (κ3) is 4.08. The molecular weight excluding hydrogens is 420 g/mol. The van der Waals surface area contributed by atoms with Gasteiger partial charge in [0.05, 0.1) is 11.1 Å². The number of piperazine rings is 1. The van der Waals surface area contributed by atoms with Gasteiger partial charge in [0.2, 0.25) is 0 Å². The van der Waals surface area contributed by atoms with E-state index in [1.165, 1.54) is 11.0 Å². The Kier molecular flexibility index (Phi) is 5.93. The van der Waals surface area contributed by atoms with E-state index < -0.39 is 0 Å². The minimum atomic E-state index is -0.365. The van der Waals surface area contributed by atoms with Crippen LogP contribution in [0.2, 0.25) is 0 Å². The fourth-order valence-electron chi connectivity index (χ4n) is 4.24. The van der Waals surface area contributed by atoms with E-state index in [9.17, 15) is 19.2 Å². The van der Waals surface area contributed by atoms with Crippen molar-refractivity contribution in [2.75, 3.05) is 45.2 Å². The molecule has 0 radical (unpaired) electrons. The summed E-state index contributed by atoms with van der Waals surface area (Å²) in [6.45, 7) is 5.24. The van der Waals surface area contributed by atoms with Gasteiger partial charge >= 0.3 is 0 Å². The smallest absolute Gasteiger partial charge is 0.261 e. The molecule has 0 aromatic heterocycles. The molecule has 8 nitrogen and oxygen atoms in total. The number of amides is 4. The van der Waals surface area contributed by atoms with Crippen molar-refractivity contribution in [1.82, 2.24) is 14.7 Å². The lowest BCUT2D eigenvalue weighted by atomic mass is 10.0. The van der Waals surface area contributed by atoms with Crippen LogP contribution in [-0.2, 0) is 0 Å². The van der Waals surface area contributed by atoms with Crippen molar-refractivity contribution < 1.29 is 19.2 Å². The molecule has 0 N–H and O–H groups in total. The molecule has 1 saturated heterocycles. The Morgan fingerprint density at radius 1 is 0.758 bits per heavy atom. The highest BCUT2D eigenvalue weighted by atomic mass is 16.2. The largest absolute Gasteiger partial charge is 0.378 e. The second-order valence-electron chi connectivity index (χ2n) is 8.86. The van der Waals surface area contributed by atoms with E-state index in [-0.39, 0.29) is 35.2 Å². The van der Waals surface area contributed by atoms with Crippen molar-refractivity contribution in [1.29, 1.82) is 0 Å². The van der Waals surface area contributed by atoms with E-state index in [4.69, 9.17) is 0 Å². The van der Waals surface area contributed by atoms with Crippen molar-refractivity contribution in [2.24, 2.45) is 0 Å². The Morgan fingerprint density at radius 2 is 1.24 bits per heavy atom. The molecule has 0 atom stereocenters. The summed E-state index contributed by atoms with van der Waals surface area (Å²) in [5, 5.41) is 0. The van der Waals surface area contributed by atoms with Crippen LogP contribution < -0.4 is 4.90 Å². The molecule has 2 heterocycles. The van der Waals surface area contributed by atoms with E-state index in [0.29, 0.717) is 42.9 Å². The summed E-state index contributed by atoms with van der Waals surface area (Å²) in [7, 11) is 3.89. The molecule has 4 rings (SSSR count). The number of fused-ring (bicyclic) bond motifs is 1. The van der Waals surface area contributed by atoms with Gasteiger partial charge < -0.3 is 14.7 Å². The molecule has 0 bridgehead atoms. The van der Waals surface area contributed by atoms with Gasteiger partial charge in [-0.25, -0.2) is 0 Å². The third-order valence-electron chi connectivity index (χ3n) is 6.17. The predicted molar refractivity (Wildman–Crippen MR) is 125 cm³/mol. The molecule has 1 fully saturated rings. The molecule has 4 amide bonds. The number of hydrogen-bond donors (Lipinski definition) is 0. The molecule has 2 aromatic carbocycles. The Bertz CT molecular complexity index is 1120. The van der Waals surface area contributed by atoms with Crippen molar-refractivity contribution in [3.8, 4) is 0 Å². The van der Waals surface area contributed by atoms with Gasteiger partial charge in [-0.05, 0) is 56.3 Å². The fourth-order valence-corrected chi connectivity index (χ4v) is 4.24. The summed E-state index contributed by atoms with van der Waals surface area (Å²) in [5.41, 5.74) is 2.62. The van der Waals surface area contributed by atoms with E-state index in [2.05, 4.69) is 0 Å². The minimum Gasteiger partial charge on any atom is -0.378 e. The van der Waals surface area contributed by atoms with Gasteiger partial charge in [-0.15, -0.1) is 0 Å². The van der Waals surface area contributed by atoms with E-state index in [1.807, 2.05) is 43.3 Å². The number of imide groups is 1. The SMILES string of the molecule is CC(C)N1C(=O)c2ccc(C(=O)N3CCN(C(=O)c4ccc(N(C)C)cc4)CC3)cc2C1=O. The maximum Gasteiger partial charge on any atom is 0.261 e. The fraction of sp³-hybridized carbons (Fsp3) is 0.360. The Balaban J connectivity index is 1.42. The number of rotatable bonds is 4. The molecule has 0 spiro atoms. The number of nitrogens with zero attached hydrogens (tertiary/aromatic N) is 4. The first kappa shape index (κ1) is 22.5. The highest BCUT2D eigenvalue weighted by Crippen LogP contribution is 2.26. The molecule has 0 aliphatic carbocycles. The maximum absolute atomic E-state index is 13.1. The zero-order valence-electron chi connectivity index (χ0n) is 19.4. The Morgan fingerprint density at radius 3 is 1.76 bits per heavy atom. The zero-order chi connectivity index (χ0) is 23.9. The first-order chi connectivity index (χ1) is 15.7. The Labute approximate surface area is 193 Å². The predicted octanol–water partition coefficient (Wildman–Crippen LogP) is 2.36. The third-order valence-corrected chi connectivity index (χ3v) is 6.17. The summed E-state index contributed by atoms with van der Waals surface area (Å²) >= 11 is 0. The summed E-state index contributed by atoms with van der Waals surface area (Å²) in [6, 6.07) is 11.9. The zero-order valence-corrected chi connectivity index (χ0v) is 19.4. The van der Waals surface area contributed by atoms with Crippen LogP contribution in [0.4, 0.5) is 5.69 Å². The van der Waals surface area contributed by atoms with Crippen molar-refractivity contribution in [2.45, 2.75) is 19.9 Å². The molecular formula is C25H28N4O4. The highest BCUT2D eigenvalue weighted by Gasteiger charge is 2.38. The number of hydrogen-bond acceptors (Lipinski definition) is 5. The molecule has 8 heteroatoms. The van der Waals surface area contributed by atoms with E-state index in [1.54, 1.807) is 35.8 Å². The minimum absolute atomic E-state index is 0.0529. The highest BCUT2D eigenvalue weighted by molar-refractivity contribution is 6.22. The average Bonchev–Trinajstić information content (AvgIpc) is 3.07. The monoisotopic (exact) mass is 448 g/mol. The molecule has 2 aliphatic rings. The van der Waals surface area contributed by atoms with Gasteiger partial charge in [0.25, 0.3) is 23.6 Å². The quantitative estimate of drug-likeness (QED) is 0.671. The van der Waals surface area contributed by atoms with Gasteiger partial charge in [-0.1, -0.05) is 0 Å². The number of carbonyl (C=O) groups is 4. The normalized spacial score (nSPS) is 15.8. The van der Waals surface area contributed by atoms with Crippen LogP contribution in [0.15, 0.2) is 42.5 Å². The van der Waals surface area contributed by atoms with E-state index in [0.717, 1.165) is 5.69 Å². The van der Waals surface area contributed by atoms with Crippen LogP contribution >= 0.6 is 0 Å². The molecule has 0 saturated carbocycles. The first-order valence-electron chi connectivity index (χ1n) is 11.1. The number of benzene rings is 2. The number of carbonyl (C=O) groups excluding carboxylic acids is 4. The van der Waals surface area contributed by atoms with Gasteiger partial charge in [0.15, 0.2) is 0 Å². The van der Waals surface area contributed by atoms with Crippen molar-refractivity contribution in [3.63, 3.8) is 0 Å². The molecule has 2 aliphatic heterocycles. The molecule has 2 aromatic rings. The van der Waals surface area contributed by atoms with Crippen LogP contribution in [-0.4, -0.2) is 84.6 Å². The van der Waals surface area contributed by atoms with Gasteiger partial charge in [0.1, 0.15) is 0 Å². The summed E-state index contributed by atoms with van der Waals surface area (Å²) in [5.74, 6) is -0.948. The van der Waals surface area contributed by atoms with Crippen LogP contribution in [0.25, 0.3) is 0 Å². The summed E-state index contributed by atoms with van der Waals surface area (Å²) in [4.78, 5) is 57.6. The second kappa shape index (κ2) is 8.69. The molecule has 0 unspecified atom stereocenters. The molecule has 33 heavy (non-hydrogen) atoms. The van der Waals surface area contributed by atoms with Gasteiger partial charge in [-0.3, -0.25) is 24.1 Å². The lowest BCUT2D eigenvalue weighted by Crippen LogP contribution is -2.50. The lowest BCUT2D eigenvalue weighted by molar-refractivity contribution is 0.0535. The van der Waals surface area contributed by atoms with E-state index >= 15 is 0 Å². The van der Waals surface area contributed by atoms with Crippen LogP contribution in [0, 0.1) is 0 Å². The standard InChI is InChI=1S/C25H28N4O4/c1-16(2)29-24(32)20-10-7-18(15-21(20)25(29)33)23(31)28-13-11-27(12-14-28)22(30)17-5-8-19(9-6-17)26(3)4/h5-10,15-16H,11-14H2,1-4H3. The van der Waals surface area contributed by atoms with Crippen LogP contribution in [0.1, 0.15) is 55.3 Å². The first-order valence-corrected chi connectivity index (χ1v) is 11.1. The topological polar surface area (TPSA) is 81.2 Å². The lowest BCUT2D eigenvalue weighted by Gasteiger charge is -2.35. The van der Waals surface area contributed by atoms with Crippen LogP contribution in [0.5, 0.6) is 0 Å². The van der Waals surface area contributed by atoms with Gasteiger partial charge in [0, 0.05) is 63.1 Å². The Hall–Kier alpha value is -3.68. The van der Waals surface area contributed by atoms with Crippen LogP contribution in [0.3, 0.4) is 0 Å². The number of anilines is 1. The summed E-state index contributed by atoms with van der Waals surface area (Å²) in [6.07, 6.45) is 0. The summed E-state index contributed by atoms with van der Waals surface area (Å²) < 4.78 is 0. The van der Waals surface area contributed by atoms with Crippen molar-refractivity contribution in [3.05, 3.63) is 64.7 Å². The average molecular weight is 449 g/mol. The molecule has 172 valence electrons. The maximum atomic E-state index is 13.1. The van der Waals surface area contributed by atoms with Crippen molar-refractivity contribution >= 4 is 29.3 Å². The second-order valence-corrected chi connectivity index (χ2v) is 8.86.